The van der Waals surface area contributed by atoms with Crippen LogP contribution in [0.25, 0.3) is 0 Å². The van der Waals surface area contributed by atoms with Crippen molar-refractivity contribution in [3.05, 3.63) is 29.6 Å². The molecule has 2 nitrogen and oxygen atoms in total. The molecule has 1 aromatic rings. The molecule has 1 atom stereocenters. The van der Waals surface area contributed by atoms with E-state index >= 15 is 0 Å². The van der Waals surface area contributed by atoms with Gasteiger partial charge < -0.3 is 10.6 Å². The van der Waals surface area contributed by atoms with Crippen LogP contribution >= 0.6 is 0 Å². The molecule has 1 unspecified atom stereocenters. The van der Waals surface area contributed by atoms with Crippen LogP contribution in [0.4, 0.5) is 10.1 Å². The van der Waals surface area contributed by atoms with E-state index in [4.69, 9.17) is 5.73 Å². The number of hydrogen-bond donors (Lipinski definition) is 1. The Hall–Kier alpha value is -1.09. The second-order valence-corrected chi connectivity index (χ2v) is 4.50. The van der Waals surface area contributed by atoms with E-state index in [2.05, 4.69) is 11.8 Å². The van der Waals surface area contributed by atoms with Gasteiger partial charge in [-0.2, -0.15) is 0 Å². The number of nitrogens with two attached hydrogens (primary N) is 1. The van der Waals surface area contributed by atoms with Crippen molar-refractivity contribution in [3.63, 3.8) is 0 Å². The molecule has 0 aromatic heterocycles. The third kappa shape index (κ3) is 2.19. The highest BCUT2D eigenvalue weighted by molar-refractivity contribution is 5.55. The van der Waals surface area contributed by atoms with Crippen LogP contribution in [0, 0.1) is 5.82 Å². The van der Waals surface area contributed by atoms with Crippen molar-refractivity contribution < 1.29 is 4.39 Å². The molecule has 1 aliphatic rings. The van der Waals surface area contributed by atoms with Crippen LogP contribution in [0.15, 0.2) is 18.2 Å². The summed E-state index contributed by atoms with van der Waals surface area (Å²) in [6, 6.07) is 5.61. The Balaban J connectivity index is 2.31. The lowest BCUT2D eigenvalue weighted by Gasteiger charge is -2.26. The zero-order chi connectivity index (χ0) is 11.5. The fourth-order valence-electron chi connectivity index (χ4n) is 2.48. The minimum absolute atomic E-state index is 0.168. The van der Waals surface area contributed by atoms with Gasteiger partial charge in [-0.15, -0.1) is 0 Å². The van der Waals surface area contributed by atoms with Crippen molar-refractivity contribution in [1.29, 1.82) is 0 Å². The maximum Gasteiger partial charge on any atom is 0.123 e. The van der Waals surface area contributed by atoms with Gasteiger partial charge in [0.15, 0.2) is 0 Å². The number of anilines is 1. The van der Waals surface area contributed by atoms with Gasteiger partial charge in [-0.25, -0.2) is 4.39 Å². The highest BCUT2D eigenvalue weighted by atomic mass is 19.1. The molecule has 1 fully saturated rings. The Morgan fingerprint density at radius 2 is 2.31 bits per heavy atom. The number of rotatable bonds is 3. The maximum atomic E-state index is 13.2. The molecule has 1 aliphatic heterocycles. The standard InChI is InChI=1S/C13H19FN2/c1-10-3-2-8-16(10)13-5-4-12(14)9-11(13)6-7-15/h4-5,9-10H,2-3,6-8,15H2,1H3. The molecule has 16 heavy (non-hydrogen) atoms. The van der Waals surface area contributed by atoms with Crippen molar-refractivity contribution in [3.8, 4) is 0 Å². The molecule has 1 heterocycles. The first-order valence-corrected chi connectivity index (χ1v) is 5.97. The van der Waals surface area contributed by atoms with Gasteiger partial charge in [0, 0.05) is 18.3 Å². The fourth-order valence-corrected chi connectivity index (χ4v) is 2.48. The van der Waals surface area contributed by atoms with E-state index in [1.165, 1.54) is 12.8 Å². The van der Waals surface area contributed by atoms with Crippen LogP contribution in [0.2, 0.25) is 0 Å². The van der Waals surface area contributed by atoms with E-state index in [0.717, 1.165) is 24.2 Å². The molecule has 2 rings (SSSR count). The molecule has 1 saturated heterocycles. The van der Waals surface area contributed by atoms with E-state index < -0.39 is 0 Å². The molecule has 1 aromatic carbocycles. The Morgan fingerprint density at radius 1 is 1.50 bits per heavy atom. The summed E-state index contributed by atoms with van der Waals surface area (Å²) in [6.45, 7) is 3.87. The zero-order valence-electron chi connectivity index (χ0n) is 9.75. The fraction of sp³-hybridized carbons (Fsp3) is 0.538. The van der Waals surface area contributed by atoms with E-state index in [1.807, 2.05) is 6.07 Å². The van der Waals surface area contributed by atoms with Gasteiger partial charge in [-0.05, 0) is 56.5 Å². The molecule has 88 valence electrons. The number of benzene rings is 1. The summed E-state index contributed by atoms with van der Waals surface area (Å²) in [7, 11) is 0. The maximum absolute atomic E-state index is 13.2. The summed E-state index contributed by atoms with van der Waals surface area (Å²) in [5.41, 5.74) is 7.77. The minimum Gasteiger partial charge on any atom is -0.369 e. The largest absolute Gasteiger partial charge is 0.369 e. The summed E-state index contributed by atoms with van der Waals surface area (Å²) in [5.74, 6) is -0.168. The SMILES string of the molecule is CC1CCCN1c1ccc(F)cc1CCN. The van der Waals surface area contributed by atoms with Crippen LogP contribution in [0.3, 0.4) is 0 Å². The topological polar surface area (TPSA) is 29.3 Å². The van der Waals surface area contributed by atoms with Crippen LogP contribution in [-0.4, -0.2) is 19.1 Å². The van der Waals surface area contributed by atoms with Gasteiger partial charge in [0.05, 0.1) is 0 Å². The Morgan fingerprint density at radius 3 is 2.94 bits per heavy atom. The normalized spacial score (nSPS) is 20.4. The molecular formula is C13H19FN2. The predicted molar refractivity (Wildman–Crippen MR) is 65.2 cm³/mol. The van der Waals surface area contributed by atoms with Gasteiger partial charge in [0.25, 0.3) is 0 Å². The Bertz CT molecular complexity index is 365. The summed E-state index contributed by atoms with van der Waals surface area (Å²) in [6.07, 6.45) is 3.19. The lowest BCUT2D eigenvalue weighted by Crippen LogP contribution is -2.27. The van der Waals surface area contributed by atoms with E-state index in [1.54, 1.807) is 12.1 Å². The van der Waals surface area contributed by atoms with E-state index in [9.17, 15) is 4.39 Å². The molecule has 2 N–H and O–H groups in total. The summed E-state index contributed by atoms with van der Waals surface area (Å²) < 4.78 is 13.2. The first-order valence-electron chi connectivity index (χ1n) is 5.97. The molecule has 0 radical (unpaired) electrons. The molecule has 0 bridgehead atoms. The van der Waals surface area contributed by atoms with Gasteiger partial charge in [-0.3, -0.25) is 0 Å². The smallest absolute Gasteiger partial charge is 0.123 e. The third-order valence-corrected chi connectivity index (χ3v) is 3.32. The minimum atomic E-state index is -0.168. The quantitative estimate of drug-likeness (QED) is 0.850. The monoisotopic (exact) mass is 222 g/mol. The summed E-state index contributed by atoms with van der Waals surface area (Å²) in [4.78, 5) is 2.37. The van der Waals surface area contributed by atoms with Crippen LogP contribution < -0.4 is 10.6 Å². The molecule has 3 heteroatoms. The van der Waals surface area contributed by atoms with Gasteiger partial charge in [0.1, 0.15) is 5.82 Å². The highest BCUT2D eigenvalue weighted by Crippen LogP contribution is 2.29. The van der Waals surface area contributed by atoms with E-state index in [-0.39, 0.29) is 5.82 Å². The van der Waals surface area contributed by atoms with Gasteiger partial charge >= 0.3 is 0 Å². The lowest BCUT2D eigenvalue weighted by molar-refractivity contribution is 0.624. The summed E-state index contributed by atoms with van der Waals surface area (Å²) >= 11 is 0. The lowest BCUT2D eigenvalue weighted by atomic mass is 10.1. The number of halogens is 1. The molecule has 0 saturated carbocycles. The van der Waals surface area contributed by atoms with Crippen LogP contribution in [-0.2, 0) is 6.42 Å². The van der Waals surface area contributed by atoms with Gasteiger partial charge in [0.2, 0.25) is 0 Å². The van der Waals surface area contributed by atoms with Crippen molar-refractivity contribution in [2.24, 2.45) is 5.73 Å². The Labute approximate surface area is 96.2 Å². The molecular weight excluding hydrogens is 203 g/mol. The van der Waals surface area contributed by atoms with E-state index in [0.29, 0.717) is 12.6 Å². The average Bonchev–Trinajstić information content (AvgIpc) is 2.65. The van der Waals surface area contributed by atoms with Crippen LogP contribution in [0.1, 0.15) is 25.3 Å². The van der Waals surface area contributed by atoms with Crippen molar-refractivity contribution in [2.75, 3.05) is 18.0 Å². The summed E-state index contributed by atoms with van der Waals surface area (Å²) in [5, 5.41) is 0. The zero-order valence-corrected chi connectivity index (χ0v) is 9.75. The second-order valence-electron chi connectivity index (χ2n) is 4.50. The average molecular weight is 222 g/mol. The van der Waals surface area contributed by atoms with Crippen molar-refractivity contribution >= 4 is 5.69 Å². The predicted octanol–water partition coefficient (Wildman–Crippen LogP) is 2.32. The first kappa shape index (κ1) is 11.4. The molecule has 0 aliphatic carbocycles. The Kier molecular flexibility index (Phi) is 3.44. The number of hydrogen-bond acceptors (Lipinski definition) is 2. The molecule has 0 spiro atoms. The highest BCUT2D eigenvalue weighted by Gasteiger charge is 2.22. The van der Waals surface area contributed by atoms with Crippen molar-refractivity contribution in [1.82, 2.24) is 0 Å². The molecule has 0 amide bonds. The first-order chi connectivity index (χ1) is 7.72. The third-order valence-electron chi connectivity index (χ3n) is 3.32. The van der Waals surface area contributed by atoms with Gasteiger partial charge in [-0.1, -0.05) is 0 Å². The number of nitrogens with zero attached hydrogens (tertiary/aromatic N) is 1. The van der Waals surface area contributed by atoms with Crippen LogP contribution in [0.5, 0.6) is 0 Å². The van der Waals surface area contributed by atoms with Crippen molar-refractivity contribution in [2.45, 2.75) is 32.2 Å². The second kappa shape index (κ2) is 4.83.